The maximum atomic E-state index is 12.4. The predicted octanol–water partition coefficient (Wildman–Crippen LogP) is 2.19. The highest BCUT2D eigenvalue weighted by atomic mass is 16.2. The summed E-state index contributed by atoms with van der Waals surface area (Å²) in [4.78, 5) is 40.5. The molecule has 0 aromatic heterocycles. The molecule has 6 heteroatoms. The summed E-state index contributed by atoms with van der Waals surface area (Å²) in [5, 5.41) is 2.90. The highest BCUT2D eigenvalue weighted by molar-refractivity contribution is 6.05. The Labute approximate surface area is 167 Å². The number of nitrogens with one attached hydrogen (secondary N) is 1. The van der Waals surface area contributed by atoms with Crippen LogP contribution in [0.1, 0.15) is 44.1 Å². The van der Waals surface area contributed by atoms with Gasteiger partial charge in [0.05, 0.1) is 11.8 Å². The molecule has 2 aliphatic rings. The maximum Gasteiger partial charge on any atom is 0.233 e. The monoisotopic (exact) mass is 385 g/mol. The van der Waals surface area contributed by atoms with E-state index in [0.29, 0.717) is 6.54 Å². The average Bonchev–Trinajstić information content (AvgIpc) is 2.95. The summed E-state index contributed by atoms with van der Waals surface area (Å²) >= 11 is 0. The van der Waals surface area contributed by atoms with Crippen molar-refractivity contribution in [3.63, 3.8) is 0 Å². The Bertz CT molecular complexity index is 668. The van der Waals surface area contributed by atoms with Crippen molar-refractivity contribution in [1.29, 1.82) is 0 Å². The number of carbonyl (C=O) groups excluding carboxylic acids is 3. The van der Waals surface area contributed by atoms with Crippen molar-refractivity contribution >= 4 is 17.7 Å². The van der Waals surface area contributed by atoms with Gasteiger partial charge in [-0.05, 0) is 38.4 Å². The van der Waals surface area contributed by atoms with Gasteiger partial charge < -0.3 is 10.2 Å². The summed E-state index contributed by atoms with van der Waals surface area (Å²) in [6.07, 6.45) is 4.72. The standard InChI is InChI=1S/C22H31N3O3/c1-24(16-17-8-3-2-4-9-17)14-7-13-23-20(26)12-15-25-21(27)18-10-5-6-11-19(18)22(25)28/h2-4,8-9,18-19H,5-7,10-16H2,1H3,(H,23,26)/t18-,19+. The van der Waals surface area contributed by atoms with E-state index in [-0.39, 0.29) is 42.5 Å². The van der Waals surface area contributed by atoms with Crippen LogP contribution in [0.2, 0.25) is 0 Å². The Morgan fingerprint density at radius 1 is 1.11 bits per heavy atom. The van der Waals surface area contributed by atoms with Gasteiger partial charge in [-0.2, -0.15) is 0 Å². The molecule has 1 aromatic rings. The third kappa shape index (κ3) is 5.19. The van der Waals surface area contributed by atoms with Crippen LogP contribution in [0, 0.1) is 11.8 Å². The van der Waals surface area contributed by atoms with Crippen LogP contribution in [-0.4, -0.2) is 54.2 Å². The fourth-order valence-corrected chi connectivity index (χ4v) is 4.30. The number of fused-ring (bicyclic) bond motifs is 1. The van der Waals surface area contributed by atoms with Gasteiger partial charge in [-0.15, -0.1) is 0 Å². The summed E-state index contributed by atoms with van der Waals surface area (Å²) in [7, 11) is 2.07. The van der Waals surface area contributed by atoms with E-state index in [1.165, 1.54) is 10.5 Å². The van der Waals surface area contributed by atoms with E-state index >= 15 is 0 Å². The van der Waals surface area contributed by atoms with Crippen LogP contribution < -0.4 is 5.32 Å². The van der Waals surface area contributed by atoms with Gasteiger partial charge in [0.25, 0.3) is 0 Å². The molecule has 1 saturated heterocycles. The van der Waals surface area contributed by atoms with Gasteiger partial charge in [0.15, 0.2) is 0 Å². The second-order valence-corrected chi connectivity index (χ2v) is 8.00. The zero-order valence-electron chi connectivity index (χ0n) is 16.7. The molecule has 152 valence electrons. The van der Waals surface area contributed by atoms with E-state index in [2.05, 4.69) is 29.4 Å². The van der Waals surface area contributed by atoms with E-state index in [4.69, 9.17) is 0 Å². The van der Waals surface area contributed by atoms with Crippen LogP contribution in [0.4, 0.5) is 0 Å². The van der Waals surface area contributed by atoms with Crippen molar-refractivity contribution in [3.05, 3.63) is 35.9 Å². The number of imide groups is 1. The number of hydrogen-bond donors (Lipinski definition) is 1. The van der Waals surface area contributed by atoms with Crippen molar-refractivity contribution in [3.8, 4) is 0 Å². The summed E-state index contributed by atoms with van der Waals surface area (Å²) in [6, 6.07) is 10.3. The Morgan fingerprint density at radius 3 is 2.39 bits per heavy atom. The minimum absolute atomic E-state index is 0.0648. The lowest BCUT2D eigenvalue weighted by Gasteiger charge is -2.19. The molecule has 0 spiro atoms. The minimum atomic E-state index is -0.135. The van der Waals surface area contributed by atoms with Gasteiger partial charge in [-0.25, -0.2) is 0 Å². The van der Waals surface area contributed by atoms with Gasteiger partial charge >= 0.3 is 0 Å². The number of hydrogen-bond acceptors (Lipinski definition) is 4. The van der Waals surface area contributed by atoms with Crippen LogP contribution >= 0.6 is 0 Å². The first-order chi connectivity index (χ1) is 13.6. The highest BCUT2D eigenvalue weighted by Gasteiger charge is 2.47. The fourth-order valence-electron chi connectivity index (χ4n) is 4.30. The van der Waals surface area contributed by atoms with Gasteiger partial charge in [0.2, 0.25) is 17.7 Å². The molecule has 1 heterocycles. The lowest BCUT2D eigenvalue weighted by atomic mass is 9.81. The lowest BCUT2D eigenvalue weighted by Crippen LogP contribution is -2.36. The zero-order chi connectivity index (χ0) is 19.9. The van der Waals surface area contributed by atoms with Crippen molar-refractivity contribution in [2.75, 3.05) is 26.7 Å². The maximum absolute atomic E-state index is 12.4. The van der Waals surface area contributed by atoms with Gasteiger partial charge in [0.1, 0.15) is 0 Å². The molecule has 3 rings (SSSR count). The van der Waals surface area contributed by atoms with Gasteiger partial charge in [-0.3, -0.25) is 19.3 Å². The Hall–Kier alpha value is -2.21. The van der Waals surface area contributed by atoms with Crippen LogP contribution in [-0.2, 0) is 20.9 Å². The van der Waals surface area contributed by atoms with Crippen LogP contribution in [0.15, 0.2) is 30.3 Å². The third-order valence-corrected chi connectivity index (χ3v) is 5.83. The second kappa shape index (κ2) is 9.82. The Kier molecular flexibility index (Phi) is 7.20. The quantitative estimate of drug-likeness (QED) is 0.523. The average molecular weight is 386 g/mol. The zero-order valence-corrected chi connectivity index (χ0v) is 16.7. The third-order valence-electron chi connectivity index (χ3n) is 5.83. The normalized spacial score (nSPS) is 21.9. The van der Waals surface area contributed by atoms with Gasteiger partial charge in [-0.1, -0.05) is 43.2 Å². The highest BCUT2D eigenvalue weighted by Crippen LogP contribution is 2.37. The second-order valence-electron chi connectivity index (χ2n) is 8.00. The number of amides is 3. The van der Waals surface area contributed by atoms with Crippen molar-refractivity contribution in [2.24, 2.45) is 11.8 Å². The summed E-state index contributed by atoms with van der Waals surface area (Å²) < 4.78 is 0. The van der Waals surface area contributed by atoms with E-state index in [0.717, 1.165) is 45.2 Å². The molecule has 1 saturated carbocycles. The summed E-state index contributed by atoms with van der Waals surface area (Å²) in [5.74, 6) is -0.495. The largest absolute Gasteiger partial charge is 0.356 e. The molecule has 1 N–H and O–H groups in total. The smallest absolute Gasteiger partial charge is 0.233 e. The van der Waals surface area contributed by atoms with Gasteiger partial charge in [0, 0.05) is 26.1 Å². The molecular weight excluding hydrogens is 354 g/mol. The number of nitrogens with zero attached hydrogens (tertiary/aromatic N) is 2. The van der Waals surface area contributed by atoms with E-state index in [9.17, 15) is 14.4 Å². The number of likely N-dealkylation sites (tertiary alicyclic amines) is 1. The summed E-state index contributed by atoms with van der Waals surface area (Å²) in [6.45, 7) is 2.59. The first-order valence-electron chi connectivity index (χ1n) is 10.4. The lowest BCUT2D eigenvalue weighted by molar-refractivity contribution is -0.140. The Morgan fingerprint density at radius 2 is 1.75 bits per heavy atom. The molecule has 3 amide bonds. The number of rotatable bonds is 9. The first-order valence-corrected chi connectivity index (χ1v) is 10.4. The van der Waals surface area contributed by atoms with E-state index in [1.807, 2.05) is 18.2 Å². The fraction of sp³-hybridized carbons (Fsp3) is 0.591. The molecule has 6 nitrogen and oxygen atoms in total. The Balaban J connectivity index is 1.31. The molecule has 2 atom stereocenters. The van der Waals surface area contributed by atoms with Crippen molar-refractivity contribution in [2.45, 2.75) is 45.1 Å². The van der Waals surface area contributed by atoms with Crippen LogP contribution in [0.3, 0.4) is 0 Å². The SMILES string of the molecule is CN(CCCNC(=O)CCN1C(=O)[C@H]2CCCC[C@H]2C1=O)Cc1ccccc1. The molecule has 28 heavy (non-hydrogen) atoms. The molecule has 1 aliphatic heterocycles. The minimum Gasteiger partial charge on any atom is -0.356 e. The predicted molar refractivity (Wildman–Crippen MR) is 107 cm³/mol. The van der Waals surface area contributed by atoms with Crippen molar-refractivity contribution in [1.82, 2.24) is 15.1 Å². The number of carbonyl (C=O) groups is 3. The van der Waals surface area contributed by atoms with E-state index < -0.39 is 0 Å². The molecule has 0 radical (unpaired) electrons. The molecular formula is C22H31N3O3. The van der Waals surface area contributed by atoms with Crippen LogP contribution in [0.5, 0.6) is 0 Å². The topological polar surface area (TPSA) is 69.7 Å². The first kappa shape index (κ1) is 20.5. The molecule has 0 unspecified atom stereocenters. The van der Waals surface area contributed by atoms with E-state index in [1.54, 1.807) is 0 Å². The summed E-state index contributed by atoms with van der Waals surface area (Å²) in [5.41, 5.74) is 1.27. The molecule has 2 fully saturated rings. The number of benzene rings is 1. The van der Waals surface area contributed by atoms with Crippen LogP contribution in [0.25, 0.3) is 0 Å². The van der Waals surface area contributed by atoms with Crippen molar-refractivity contribution < 1.29 is 14.4 Å². The molecule has 0 bridgehead atoms. The molecule has 1 aliphatic carbocycles. The molecule has 1 aromatic carbocycles.